The molecule has 1 N–H and O–H groups in total. The number of rotatable bonds is 6. The zero-order valence-corrected chi connectivity index (χ0v) is 18.6. The Kier molecular flexibility index (Phi) is 5.09. The second-order valence-electron chi connectivity index (χ2n) is 8.00. The summed E-state index contributed by atoms with van der Waals surface area (Å²) in [5.41, 5.74) is 4.51. The van der Waals surface area contributed by atoms with Crippen LogP contribution in [0, 0.1) is 12.7 Å². The molecule has 5 rings (SSSR count). The summed E-state index contributed by atoms with van der Waals surface area (Å²) in [6.45, 7) is 2.25. The maximum absolute atomic E-state index is 14.3. The molecule has 4 aromatic rings. The second kappa shape index (κ2) is 7.92. The van der Waals surface area contributed by atoms with Gasteiger partial charge in [-0.2, -0.15) is 5.10 Å². The summed E-state index contributed by atoms with van der Waals surface area (Å²) >= 11 is 3.34. The topological polar surface area (TPSA) is 64.2 Å². The van der Waals surface area contributed by atoms with Crippen LogP contribution in [0.3, 0.4) is 0 Å². The number of hydrogen-bond acceptors (Lipinski definition) is 3. The fraction of sp³-hybridized carbons (Fsp3) is 0.261. The Balaban J connectivity index is 1.26. The number of imidazole rings is 1. The molecule has 8 heteroatoms. The third-order valence-corrected chi connectivity index (χ3v) is 6.34. The number of benzene rings is 1. The first-order chi connectivity index (χ1) is 15.0. The minimum absolute atomic E-state index is 0.0911. The van der Waals surface area contributed by atoms with E-state index in [2.05, 4.69) is 43.6 Å². The summed E-state index contributed by atoms with van der Waals surface area (Å²) in [7, 11) is 0. The van der Waals surface area contributed by atoms with Crippen LogP contribution in [0.5, 0.6) is 0 Å². The van der Waals surface area contributed by atoms with Crippen LogP contribution in [0.15, 0.2) is 53.5 Å². The monoisotopic (exact) mass is 481 g/mol. The summed E-state index contributed by atoms with van der Waals surface area (Å²) < 4.78 is 18.7. The van der Waals surface area contributed by atoms with Gasteiger partial charge in [-0.25, -0.2) is 9.37 Å². The SMILES string of the molecule is Cc1ccc(Br)c(CNC(=O)c2cnn(Cc3cn4cc(C5CC5)ccc4n3)c2)c1F. The Hall–Kier alpha value is -3.00. The molecule has 1 aliphatic carbocycles. The standard InChI is InChI=1S/C23H21BrFN5O/c1-14-2-6-20(24)19(22(14)25)9-26-23(31)17-8-27-30(11-17)13-18-12-29-10-16(15-3-4-15)5-7-21(29)28-18/h2,5-8,10-12,15H,3-4,9,13H2,1H3,(H,26,31). The molecule has 6 nitrogen and oxygen atoms in total. The third kappa shape index (κ3) is 4.12. The van der Waals surface area contributed by atoms with Gasteiger partial charge in [-0.3, -0.25) is 9.48 Å². The molecule has 0 saturated heterocycles. The van der Waals surface area contributed by atoms with Crippen LogP contribution in [0.2, 0.25) is 0 Å². The molecule has 0 bridgehead atoms. The predicted octanol–water partition coefficient (Wildman–Crippen LogP) is 4.60. The van der Waals surface area contributed by atoms with Crippen molar-refractivity contribution in [2.24, 2.45) is 0 Å². The number of pyridine rings is 1. The van der Waals surface area contributed by atoms with E-state index in [0.717, 1.165) is 11.3 Å². The Morgan fingerprint density at radius 1 is 1.23 bits per heavy atom. The molecule has 1 amide bonds. The van der Waals surface area contributed by atoms with Gasteiger partial charge in [-0.15, -0.1) is 0 Å². The fourth-order valence-corrected chi connectivity index (χ4v) is 4.12. The van der Waals surface area contributed by atoms with Gasteiger partial charge in [0.15, 0.2) is 0 Å². The van der Waals surface area contributed by atoms with Gasteiger partial charge in [-0.1, -0.05) is 28.1 Å². The minimum atomic E-state index is -0.318. The lowest BCUT2D eigenvalue weighted by Crippen LogP contribution is -2.23. The first-order valence-electron chi connectivity index (χ1n) is 10.2. The van der Waals surface area contributed by atoms with Crippen LogP contribution in [0.4, 0.5) is 4.39 Å². The van der Waals surface area contributed by atoms with E-state index in [1.807, 2.05) is 16.7 Å². The number of halogens is 2. The molecule has 0 radical (unpaired) electrons. The number of amides is 1. The Morgan fingerprint density at radius 2 is 2.06 bits per heavy atom. The lowest BCUT2D eigenvalue weighted by molar-refractivity contribution is 0.0950. The number of aryl methyl sites for hydroxylation is 1. The predicted molar refractivity (Wildman–Crippen MR) is 119 cm³/mol. The van der Waals surface area contributed by atoms with Crippen molar-refractivity contribution in [3.63, 3.8) is 0 Å². The van der Waals surface area contributed by atoms with Gasteiger partial charge in [-0.05, 0) is 48.9 Å². The van der Waals surface area contributed by atoms with Crippen LogP contribution in [-0.4, -0.2) is 25.1 Å². The molecule has 31 heavy (non-hydrogen) atoms. The average molecular weight is 482 g/mol. The molecular weight excluding hydrogens is 461 g/mol. The zero-order valence-electron chi connectivity index (χ0n) is 17.0. The normalized spacial score (nSPS) is 13.6. The van der Waals surface area contributed by atoms with Gasteiger partial charge < -0.3 is 9.72 Å². The molecule has 3 aromatic heterocycles. The molecular formula is C23H21BrFN5O. The highest BCUT2D eigenvalue weighted by Gasteiger charge is 2.23. The smallest absolute Gasteiger partial charge is 0.254 e. The highest BCUT2D eigenvalue weighted by molar-refractivity contribution is 9.10. The van der Waals surface area contributed by atoms with Gasteiger partial charge >= 0.3 is 0 Å². The number of hydrogen-bond donors (Lipinski definition) is 1. The van der Waals surface area contributed by atoms with E-state index in [1.165, 1.54) is 24.6 Å². The summed E-state index contributed by atoms with van der Waals surface area (Å²) in [5, 5.41) is 7.05. The number of carbonyl (C=O) groups excluding carboxylic acids is 1. The van der Waals surface area contributed by atoms with Crippen molar-refractivity contribution in [2.45, 2.75) is 38.8 Å². The van der Waals surface area contributed by atoms with Crippen molar-refractivity contribution < 1.29 is 9.18 Å². The number of nitrogens with one attached hydrogen (secondary N) is 1. The number of fused-ring (bicyclic) bond motifs is 1. The molecule has 1 saturated carbocycles. The van der Waals surface area contributed by atoms with Crippen molar-refractivity contribution in [1.82, 2.24) is 24.5 Å². The first kappa shape index (κ1) is 19.9. The molecule has 0 aliphatic heterocycles. The summed E-state index contributed by atoms with van der Waals surface area (Å²) in [6.07, 6.45) is 9.86. The maximum atomic E-state index is 14.3. The van der Waals surface area contributed by atoms with Gasteiger partial charge in [0.1, 0.15) is 11.5 Å². The third-order valence-electron chi connectivity index (χ3n) is 5.60. The first-order valence-corrected chi connectivity index (χ1v) is 11.0. The largest absolute Gasteiger partial charge is 0.348 e. The van der Waals surface area contributed by atoms with Crippen molar-refractivity contribution in [2.75, 3.05) is 0 Å². The second-order valence-corrected chi connectivity index (χ2v) is 8.85. The van der Waals surface area contributed by atoms with Gasteiger partial charge in [0.05, 0.1) is 24.0 Å². The minimum Gasteiger partial charge on any atom is -0.348 e. The molecule has 3 heterocycles. The van der Waals surface area contributed by atoms with Crippen LogP contribution < -0.4 is 5.32 Å². The van der Waals surface area contributed by atoms with E-state index in [4.69, 9.17) is 0 Å². The number of nitrogens with zero attached hydrogens (tertiary/aromatic N) is 4. The van der Waals surface area contributed by atoms with Crippen LogP contribution in [0.1, 0.15) is 51.5 Å². The van der Waals surface area contributed by atoms with E-state index in [-0.39, 0.29) is 18.3 Å². The van der Waals surface area contributed by atoms with Crippen LogP contribution in [-0.2, 0) is 13.1 Å². The van der Waals surface area contributed by atoms with Crippen molar-refractivity contribution in [3.05, 3.63) is 87.3 Å². The number of carbonyl (C=O) groups is 1. The fourth-order valence-electron chi connectivity index (χ4n) is 3.68. The van der Waals surface area contributed by atoms with Crippen molar-refractivity contribution in [1.29, 1.82) is 0 Å². The molecule has 1 aliphatic rings. The van der Waals surface area contributed by atoms with Gasteiger partial charge in [0.25, 0.3) is 5.91 Å². The van der Waals surface area contributed by atoms with E-state index >= 15 is 0 Å². The van der Waals surface area contributed by atoms with Gasteiger partial charge in [0.2, 0.25) is 0 Å². The molecule has 0 spiro atoms. The maximum Gasteiger partial charge on any atom is 0.254 e. The molecule has 0 atom stereocenters. The lowest BCUT2D eigenvalue weighted by atomic mass is 10.1. The van der Waals surface area contributed by atoms with E-state index in [9.17, 15) is 9.18 Å². The molecule has 0 unspecified atom stereocenters. The summed E-state index contributed by atoms with van der Waals surface area (Å²) in [6, 6.07) is 7.67. The Labute approximate surface area is 187 Å². The quantitative estimate of drug-likeness (QED) is 0.437. The van der Waals surface area contributed by atoms with Gasteiger partial charge in [0, 0.05) is 35.2 Å². The Morgan fingerprint density at radius 3 is 2.87 bits per heavy atom. The van der Waals surface area contributed by atoms with E-state index < -0.39 is 0 Å². The highest BCUT2D eigenvalue weighted by Crippen LogP contribution is 2.39. The van der Waals surface area contributed by atoms with Crippen LogP contribution in [0.25, 0.3) is 5.65 Å². The Bertz CT molecular complexity index is 1290. The van der Waals surface area contributed by atoms with Crippen molar-refractivity contribution in [3.8, 4) is 0 Å². The number of aromatic nitrogens is 4. The molecule has 158 valence electrons. The molecule has 1 aromatic carbocycles. The average Bonchev–Trinajstić information content (AvgIpc) is 3.37. The van der Waals surface area contributed by atoms with E-state index in [0.29, 0.717) is 33.6 Å². The van der Waals surface area contributed by atoms with Crippen molar-refractivity contribution >= 4 is 27.5 Å². The molecule has 1 fully saturated rings. The summed E-state index contributed by atoms with van der Waals surface area (Å²) in [4.78, 5) is 17.2. The van der Waals surface area contributed by atoms with E-state index in [1.54, 1.807) is 29.9 Å². The van der Waals surface area contributed by atoms with Crippen LogP contribution >= 0.6 is 15.9 Å². The summed E-state index contributed by atoms with van der Waals surface area (Å²) in [5.74, 6) is 0.0709. The highest BCUT2D eigenvalue weighted by atomic mass is 79.9. The lowest BCUT2D eigenvalue weighted by Gasteiger charge is -2.09. The zero-order chi connectivity index (χ0) is 21.5.